The molecular formula is C16H26N2O2. The summed E-state index contributed by atoms with van der Waals surface area (Å²) >= 11 is 0. The zero-order chi connectivity index (χ0) is 14.7. The molecule has 112 valence electrons. The third-order valence-corrected chi connectivity index (χ3v) is 4.04. The van der Waals surface area contributed by atoms with E-state index in [1.807, 2.05) is 0 Å². The molecule has 1 unspecified atom stereocenters. The fourth-order valence-electron chi connectivity index (χ4n) is 2.87. The summed E-state index contributed by atoms with van der Waals surface area (Å²) in [5.41, 5.74) is 2.64. The fraction of sp³-hybridized carbons (Fsp3) is 0.625. The van der Waals surface area contributed by atoms with E-state index in [4.69, 9.17) is 9.47 Å². The number of hydrogen-bond donors (Lipinski definition) is 0. The highest BCUT2D eigenvalue weighted by atomic mass is 16.5. The van der Waals surface area contributed by atoms with Crippen molar-refractivity contribution in [2.45, 2.75) is 25.8 Å². The summed E-state index contributed by atoms with van der Waals surface area (Å²) in [6, 6.07) is 4.80. The predicted octanol–water partition coefficient (Wildman–Crippen LogP) is 2.41. The first-order valence-electron chi connectivity index (χ1n) is 7.27. The van der Waals surface area contributed by atoms with Crippen molar-refractivity contribution in [1.29, 1.82) is 0 Å². The first-order valence-corrected chi connectivity index (χ1v) is 7.27. The largest absolute Gasteiger partial charge is 0.493 e. The van der Waals surface area contributed by atoms with Crippen LogP contribution in [0.25, 0.3) is 0 Å². The van der Waals surface area contributed by atoms with Gasteiger partial charge in [0.2, 0.25) is 0 Å². The molecule has 0 aliphatic carbocycles. The molecule has 1 heterocycles. The van der Waals surface area contributed by atoms with Gasteiger partial charge in [0.1, 0.15) is 0 Å². The Kier molecular flexibility index (Phi) is 4.76. The van der Waals surface area contributed by atoms with Crippen LogP contribution in [-0.2, 0) is 6.42 Å². The molecule has 1 aliphatic rings. The number of hydrogen-bond acceptors (Lipinski definition) is 4. The lowest BCUT2D eigenvalue weighted by atomic mass is 9.96. The van der Waals surface area contributed by atoms with Crippen LogP contribution >= 0.6 is 0 Å². The lowest BCUT2D eigenvalue weighted by Gasteiger charge is -2.39. The Hall–Kier alpha value is -1.42. The van der Waals surface area contributed by atoms with Gasteiger partial charge in [0.05, 0.1) is 14.2 Å². The summed E-state index contributed by atoms with van der Waals surface area (Å²) in [5.74, 6) is 1.64. The number of fused-ring (bicyclic) bond motifs is 1. The maximum absolute atomic E-state index is 5.44. The minimum absolute atomic E-state index is 0.548. The molecule has 0 saturated carbocycles. The van der Waals surface area contributed by atoms with Gasteiger partial charge in [-0.3, -0.25) is 0 Å². The Labute approximate surface area is 122 Å². The summed E-state index contributed by atoms with van der Waals surface area (Å²) in [5, 5.41) is 0. The molecule has 1 aromatic carbocycles. The third kappa shape index (κ3) is 2.85. The first-order chi connectivity index (χ1) is 9.60. The second-order valence-electron chi connectivity index (χ2n) is 5.60. The monoisotopic (exact) mass is 278 g/mol. The molecule has 0 saturated heterocycles. The van der Waals surface area contributed by atoms with Crippen molar-refractivity contribution in [1.82, 2.24) is 4.90 Å². The summed E-state index contributed by atoms with van der Waals surface area (Å²) in [4.78, 5) is 4.77. The number of methoxy groups -OCH3 is 2. The van der Waals surface area contributed by atoms with E-state index in [1.54, 1.807) is 14.2 Å². The van der Waals surface area contributed by atoms with Crippen molar-refractivity contribution in [3.63, 3.8) is 0 Å². The highest BCUT2D eigenvalue weighted by molar-refractivity contribution is 5.64. The fourth-order valence-corrected chi connectivity index (χ4v) is 2.87. The van der Waals surface area contributed by atoms with Crippen molar-refractivity contribution in [3.8, 4) is 11.5 Å². The van der Waals surface area contributed by atoms with E-state index in [1.165, 1.54) is 11.3 Å². The maximum atomic E-state index is 5.44. The van der Waals surface area contributed by atoms with E-state index in [2.05, 4.69) is 43.0 Å². The van der Waals surface area contributed by atoms with Crippen LogP contribution in [-0.4, -0.2) is 52.3 Å². The van der Waals surface area contributed by atoms with Crippen LogP contribution in [0.2, 0.25) is 0 Å². The summed E-state index contributed by atoms with van der Waals surface area (Å²) in [7, 11) is 7.70. The summed E-state index contributed by atoms with van der Waals surface area (Å²) in [6.07, 6.45) is 2.21. The van der Waals surface area contributed by atoms with E-state index >= 15 is 0 Å². The molecule has 2 rings (SSSR count). The first kappa shape index (κ1) is 15.0. The SMILES string of the molecule is CCCN1CC(N(C)C)Cc2cc(OC)c(OC)cc21. The Balaban J connectivity index is 2.42. The van der Waals surface area contributed by atoms with Crippen molar-refractivity contribution in [2.75, 3.05) is 46.3 Å². The van der Waals surface area contributed by atoms with Gasteiger partial charge in [-0.15, -0.1) is 0 Å². The number of likely N-dealkylation sites (N-methyl/N-ethyl adjacent to an activating group) is 1. The van der Waals surface area contributed by atoms with E-state index in [0.29, 0.717) is 6.04 Å². The highest BCUT2D eigenvalue weighted by Gasteiger charge is 2.27. The van der Waals surface area contributed by atoms with Gasteiger partial charge in [-0.25, -0.2) is 0 Å². The van der Waals surface area contributed by atoms with Crippen molar-refractivity contribution in [3.05, 3.63) is 17.7 Å². The number of anilines is 1. The van der Waals surface area contributed by atoms with E-state index in [-0.39, 0.29) is 0 Å². The van der Waals surface area contributed by atoms with Gasteiger partial charge in [0, 0.05) is 30.9 Å². The zero-order valence-electron chi connectivity index (χ0n) is 13.3. The van der Waals surface area contributed by atoms with Gasteiger partial charge >= 0.3 is 0 Å². The average Bonchev–Trinajstić information content (AvgIpc) is 2.45. The van der Waals surface area contributed by atoms with E-state index in [0.717, 1.165) is 37.4 Å². The second kappa shape index (κ2) is 6.35. The van der Waals surface area contributed by atoms with Crippen LogP contribution in [0.4, 0.5) is 5.69 Å². The topological polar surface area (TPSA) is 24.9 Å². The van der Waals surface area contributed by atoms with E-state index < -0.39 is 0 Å². The highest BCUT2D eigenvalue weighted by Crippen LogP contribution is 2.38. The van der Waals surface area contributed by atoms with Crippen LogP contribution in [0.5, 0.6) is 11.5 Å². The normalized spacial score (nSPS) is 18.1. The molecule has 0 N–H and O–H groups in total. The van der Waals surface area contributed by atoms with Crippen LogP contribution in [0.15, 0.2) is 12.1 Å². The minimum atomic E-state index is 0.548. The lowest BCUT2D eigenvalue weighted by molar-refractivity contribution is 0.284. The zero-order valence-corrected chi connectivity index (χ0v) is 13.3. The molecule has 1 aromatic rings. The van der Waals surface area contributed by atoms with Crippen LogP contribution in [0.3, 0.4) is 0 Å². The molecular weight excluding hydrogens is 252 g/mol. The molecule has 1 aliphatic heterocycles. The molecule has 0 fully saturated rings. The molecule has 0 amide bonds. The number of nitrogens with zero attached hydrogens (tertiary/aromatic N) is 2. The number of ether oxygens (including phenoxy) is 2. The van der Waals surface area contributed by atoms with Gasteiger partial charge in [-0.1, -0.05) is 6.92 Å². The Morgan fingerprint density at radius 2 is 1.85 bits per heavy atom. The Morgan fingerprint density at radius 1 is 1.20 bits per heavy atom. The van der Waals surface area contributed by atoms with Gasteiger partial charge < -0.3 is 19.3 Å². The third-order valence-electron chi connectivity index (χ3n) is 4.04. The molecule has 0 radical (unpaired) electrons. The van der Waals surface area contributed by atoms with E-state index in [9.17, 15) is 0 Å². The number of benzene rings is 1. The predicted molar refractivity (Wildman–Crippen MR) is 83.2 cm³/mol. The van der Waals surface area contributed by atoms with Crippen LogP contribution < -0.4 is 14.4 Å². The molecule has 20 heavy (non-hydrogen) atoms. The second-order valence-corrected chi connectivity index (χ2v) is 5.60. The van der Waals surface area contributed by atoms with Crippen molar-refractivity contribution in [2.24, 2.45) is 0 Å². The van der Waals surface area contributed by atoms with Crippen molar-refractivity contribution >= 4 is 5.69 Å². The molecule has 0 bridgehead atoms. The summed E-state index contributed by atoms with van der Waals surface area (Å²) in [6.45, 7) is 4.37. The molecule has 0 spiro atoms. The average molecular weight is 278 g/mol. The summed E-state index contributed by atoms with van der Waals surface area (Å²) < 4.78 is 10.9. The molecule has 4 heteroatoms. The maximum Gasteiger partial charge on any atom is 0.162 e. The van der Waals surface area contributed by atoms with Gasteiger partial charge in [0.15, 0.2) is 11.5 Å². The smallest absolute Gasteiger partial charge is 0.162 e. The Bertz CT molecular complexity index is 460. The van der Waals surface area contributed by atoms with Gasteiger partial charge in [0.25, 0.3) is 0 Å². The molecule has 1 atom stereocenters. The lowest BCUT2D eigenvalue weighted by Crippen LogP contribution is -2.45. The standard InChI is InChI=1S/C16H26N2O2/c1-6-7-18-11-13(17(2)3)8-12-9-15(19-4)16(20-5)10-14(12)18/h9-10,13H,6-8,11H2,1-5H3. The van der Waals surface area contributed by atoms with Gasteiger partial charge in [-0.05, 0) is 38.6 Å². The van der Waals surface area contributed by atoms with Gasteiger partial charge in [-0.2, -0.15) is 0 Å². The molecule has 0 aromatic heterocycles. The Morgan fingerprint density at radius 3 is 2.40 bits per heavy atom. The van der Waals surface area contributed by atoms with Crippen LogP contribution in [0.1, 0.15) is 18.9 Å². The van der Waals surface area contributed by atoms with Crippen LogP contribution in [0, 0.1) is 0 Å². The minimum Gasteiger partial charge on any atom is -0.493 e. The van der Waals surface area contributed by atoms with Crippen molar-refractivity contribution < 1.29 is 9.47 Å². The number of rotatable bonds is 5. The quantitative estimate of drug-likeness (QED) is 0.826. The molecule has 4 nitrogen and oxygen atoms in total.